The number of aromatic carboxylic acids is 1. The molecule has 2 N–H and O–H groups in total. The van der Waals surface area contributed by atoms with Gasteiger partial charge in [0.05, 0.1) is 10.6 Å². The second kappa shape index (κ2) is 5.09. The number of pyridine rings is 1. The zero-order valence-electron chi connectivity index (χ0n) is 10.6. The van der Waals surface area contributed by atoms with Gasteiger partial charge in [0.25, 0.3) is 5.69 Å². The highest BCUT2D eigenvalue weighted by Gasteiger charge is 2.26. The van der Waals surface area contributed by atoms with E-state index in [9.17, 15) is 14.9 Å². The maximum absolute atomic E-state index is 11.2. The Labute approximate surface area is 122 Å². The number of carbonyl (C=O) groups is 1. The van der Waals surface area contributed by atoms with E-state index in [-0.39, 0.29) is 17.1 Å². The second-order valence-corrected chi connectivity index (χ2v) is 5.49. The van der Waals surface area contributed by atoms with E-state index < -0.39 is 10.9 Å². The summed E-state index contributed by atoms with van der Waals surface area (Å²) in [4.78, 5) is 29.4. The van der Waals surface area contributed by atoms with Crippen LogP contribution in [-0.2, 0) is 0 Å². The summed E-state index contributed by atoms with van der Waals surface area (Å²) in [6.07, 6.45) is 3.27. The first kappa shape index (κ1) is 13.4. The summed E-state index contributed by atoms with van der Waals surface area (Å²) in [5, 5.41) is 25.1. The van der Waals surface area contributed by atoms with Crippen molar-refractivity contribution in [3.63, 3.8) is 0 Å². The summed E-state index contributed by atoms with van der Waals surface area (Å²) in [5.74, 6) is -0.738. The molecule has 2 aromatic heterocycles. The first-order valence-electron chi connectivity index (χ1n) is 6.15. The zero-order chi connectivity index (χ0) is 15.0. The van der Waals surface area contributed by atoms with Gasteiger partial charge in [0.2, 0.25) is 0 Å². The third kappa shape index (κ3) is 2.82. The molecule has 1 fully saturated rings. The smallest absolute Gasteiger partial charge is 0.339 e. The lowest BCUT2D eigenvalue weighted by atomic mass is 10.2. The number of nitro groups is 1. The van der Waals surface area contributed by atoms with E-state index in [4.69, 9.17) is 5.11 Å². The van der Waals surface area contributed by atoms with Crippen LogP contribution in [0.2, 0.25) is 0 Å². The van der Waals surface area contributed by atoms with E-state index in [1.54, 1.807) is 0 Å². The van der Waals surface area contributed by atoms with Crippen LogP contribution in [0.15, 0.2) is 17.6 Å². The average molecular weight is 306 g/mol. The molecular formula is C12H10N4O4S. The predicted octanol–water partition coefficient (Wildman–Crippen LogP) is 2.77. The summed E-state index contributed by atoms with van der Waals surface area (Å²) in [6.45, 7) is 0. The number of rotatable bonds is 5. The van der Waals surface area contributed by atoms with Crippen LogP contribution in [0.4, 0.5) is 16.6 Å². The van der Waals surface area contributed by atoms with E-state index in [0.717, 1.165) is 30.8 Å². The van der Waals surface area contributed by atoms with Crippen molar-refractivity contribution < 1.29 is 14.8 Å². The maximum Gasteiger partial charge on any atom is 0.339 e. The SMILES string of the molecule is O=C(O)c1cc([N+](=O)[O-])cnc1Nc1nc(C2CC2)cs1. The van der Waals surface area contributed by atoms with Crippen molar-refractivity contribution >= 4 is 33.9 Å². The first-order valence-corrected chi connectivity index (χ1v) is 7.02. The minimum Gasteiger partial charge on any atom is -0.478 e. The van der Waals surface area contributed by atoms with Crippen molar-refractivity contribution in [2.75, 3.05) is 5.32 Å². The lowest BCUT2D eigenvalue weighted by Crippen LogP contribution is -2.06. The number of hydrogen-bond acceptors (Lipinski definition) is 7. The number of nitrogens with zero attached hydrogens (tertiary/aromatic N) is 3. The predicted molar refractivity (Wildman–Crippen MR) is 75.2 cm³/mol. The number of anilines is 2. The lowest BCUT2D eigenvalue weighted by molar-refractivity contribution is -0.385. The fourth-order valence-electron chi connectivity index (χ4n) is 1.83. The largest absolute Gasteiger partial charge is 0.478 e. The Morgan fingerprint density at radius 1 is 1.52 bits per heavy atom. The molecule has 108 valence electrons. The highest BCUT2D eigenvalue weighted by Crippen LogP contribution is 2.41. The Kier molecular flexibility index (Phi) is 3.26. The molecule has 0 saturated heterocycles. The lowest BCUT2D eigenvalue weighted by Gasteiger charge is -2.05. The average Bonchev–Trinajstić information content (AvgIpc) is 3.19. The number of carboxylic acid groups (broad SMARTS) is 1. The van der Waals surface area contributed by atoms with E-state index in [0.29, 0.717) is 11.0 Å². The van der Waals surface area contributed by atoms with Crippen LogP contribution in [0, 0.1) is 10.1 Å². The minimum absolute atomic E-state index is 0.0461. The summed E-state index contributed by atoms with van der Waals surface area (Å²) in [7, 11) is 0. The fraction of sp³-hybridized carbons (Fsp3) is 0.250. The summed E-state index contributed by atoms with van der Waals surface area (Å²) in [5.41, 5.74) is 0.365. The van der Waals surface area contributed by atoms with Gasteiger partial charge < -0.3 is 10.4 Å². The number of nitrogens with one attached hydrogen (secondary N) is 1. The maximum atomic E-state index is 11.2. The third-order valence-electron chi connectivity index (χ3n) is 3.06. The molecule has 0 amide bonds. The molecule has 1 saturated carbocycles. The van der Waals surface area contributed by atoms with Crippen LogP contribution in [0.25, 0.3) is 0 Å². The van der Waals surface area contributed by atoms with E-state index in [1.165, 1.54) is 11.3 Å². The van der Waals surface area contributed by atoms with Crippen molar-refractivity contribution in [3.05, 3.63) is 39.0 Å². The van der Waals surface area contributed by atoms with Gasteiger partial charge in [-0.3, -0.25) is 10.1 Å². The standard InChI is InChI=1S/C12H10N4O4S/c17-11(18)8-3-7(16(19)20)4-13-10(8)15-12-14-9(5-21-12)6-1-2-6/h3-6H,1-2H2,(H,17,18)(H,13,14,15). The van der Waals surface area contributed by atoms with Gasteiger partial charge in [0.15, 0.2) is 5.13 Å². The van der Waals surface area contributed by atoms with Gasteiger partial charge in [-0.25, -0.2) is 14.8 Å². The van der Waals surface area contributed by atoms with Crippen molar-refractivity contribution in [1.82, 2.24) is 9.97 Å². The molecule has 0 unspecified atom stereocenters. The quantitative estimate of drug-likeness (QED) is 0.644. The highest BCUT2D eigenvalue weighted by atomic mass is 32.1. The number of hydrogen-bond donors (Lipinski definition) is 2. The Hall–Kier alpha value is -2.55. The molecule has 1 aliphatic rings. The van der Waals surface area contributed by atoms with Crippen LogP contribution in [0.5, 0.6) is 0 Å². The molecule has 0 spiro atoms. The van der Waals surface area contributed by atoms with Crippen molar-refractivity contribution in [2.45, 2.75) is 18.8 Å². The normalized spacial score (nSPS) is 13.9. The molecule has 0 radical (unpaired) electrons. The van der Waals surface area contributed by atoms with Gasteiger partial charge in [0.1, 0.15) is 17.6 Å². The minimum atomic E-state index is -1.28. The Balaban J connectivity index is 1.89. The molecule has 0 atom stereocenters. The van der Waals surface area contributed by atoms with Crippen LogP contribution in [-0.4, -0.2) is 26.0 Å². The number of aromatic nitrogens is 2. The monoisotopic (exact) mass is 306 g/mol. The van der Waals surface area contributed by atoms with Crippen LogP contribution in [0.1, 0.15) is 34.8 Å². The van der Waals surface area contributed by atoms with Crippen LogP contribution >= 0.6 is 11.3 Å². The van der Waals surface area contributed by atoms with Crippen LogP contribution in [0.3, 0.4) is 0 Å². The number of carboxylic acids is 1. The van der Waals surface area contributed by atoms with Crippen LogP contribution < -0.4 is 5.32 Å². The molecule has 0 aliphatic heterocycles. The third-order valence-corrected chi connectivity index (χ3v) is 3.83. The van der Waals surface area contributed by atoms with E-state index in [2.05, 4.69) is 15.3 Å². The Morgan fingerprint density at radius 2 is 2.29 bits per heavy atom. The van der Waals surface area contributed by atoms with Crippen molar-refractivity contribution in [3.8, 4) is 0 Å². The molecule has 1 aliphatic carbocycles. The van der Waals surface area contributed by atoms with Gasteiger partial charge in [0, 0.05) is 17.4 Å². The second-order valence-electron chi connectivity index (χ2n) is 4.63. The zero-order valence-corrected chi connectivity index (χ0v) is 11.5. The Bertz CT molecular complexity index is 726. The molecule has 8 nitrogen and oxygen atoms in total. The van der Waals surface area contributed by atoms with Gasteiger partial charge in [-0.2, -0.15) is 0 Å². The van der Waals surface area contributed by atoms with Gasteiger partial charge in [-0.1, -0.05) is 0 Å². The summed E-state index contributed by atoms with van der Waals surface area (Å²) < 4.78 is 0. The molecule has 21 heavy (non-hydrogen) atoms. The molecule has 9 heteroatoms. The highest BCUT2D eigenvalue weighted by molar-refractivity contribution is 7.13. The summed E-state index contributed by atoms with van der Waals surface area (Å²) >= 11 is 1.35. The van der Waals surface area contributed by atoms with Crippen molar-refractivity contribution in [1.29, 1.82) is 0 Å². The molecule has 0 bridgehead atoms. The topological polar surface area (TPSA) is 118 Å². The van der Waals surface area contributed by atoms with Gasteiger partial charge in [-0.05, 0) is 12.8 Å². The first-order chi connectivity index (χ1) is 10.0. The van der Waals surface area contributed by atoms with Crippen molar-refractivity contribution in [2.24, 2.45) is 0 Å². The van der Waals surface area contributed by atoms with Gasteiger partial charge in [-0.15, -0.1) is 11.3 Å². The van der Waals surface area contributed by atoms with E-state index >= 15 is 0 Å². The van der Waals surface area contributed by atoms with E-state index in [1.807, 2.05) is 5.38 Å². The summed E-state index contributed by atoms with van der Waals surface area (Å²) in [6, 6.07) is 0.979. The molecule has 2 aromatic rings. The Morgan fingerprint density at radius 3 is 2.90 bits per heavy atom. The molecule has 0 aromatic carbocycles. The molecule has 2 heterocycles. The molecular weight excluding hydrogens is 296 g/mol. The molecule has 3 rings (SSSR count). The number of thiazole rings is 1. The fourth-order valence-corrected chi connectivity index (χ4v) is 2.62. The van der Waals surface area contributed by atoms with Gasteiger partial charge >= 0.3 is 5.97 Å².